The van der Waals surface area contributed by atoms with Gasteiger partial charge in [-0.15, -0.1) is 0 Å². The van der Waals surface area contributed by atoms with E-state index in [0.717, 1.165) is 17.1 Å². The first-order chi connectivity index (χ1) is 8.31. The van der Waals surface area contributed by atoms with Gasteiger partial charge in [-0.2, -0.15) is 0 Å². The second-order valence-electron chi connectivity index (χ2n) is 4.49. The maximum Gasteiger partial charge on any atom is 0.157 e. The van der Waals surface area contributed by atoms with Crippen LogP contribution in [0.5, 0.6) is 5.75 Å². The monoisotopic (exact) mass is 252 g/mol. The van der Waals surface area contributed by atoms with Gasteiger partial charge in [-0.3, -0.25) is 4.79 Å². The Morgan fingerprint density at radius 1 is 1.29 bits per heavy atom. The highest BCUT2D eigenvalue weighted by atomic mass is 35.5. The maximum absolute atomic E-state index is 10.4. The van der Waals surface area contributed by atoms with E-state index in [1.165, 1.54) is 37.7 Å². The van der Waals surface area contributed by atoms with Crippen molar-refractivity contribution in [2.75, 3.05) is 6.61 Å². The zero-order chi connectivity index (χ0) is 12.1. The van der Waals surface area contributed by atoms with Crippen LogP contribution in [0.25, 0.3) is 0 Å². The van der Waals surface area contributed by atoms with Gasteiger partial charge in [0, 0.05) is 5.02 Å². The summed E-state index contributed by atoms with van der Waals surface area (Å²) in [6.07, 6.45) is 7.02. The molecule has 0 aliphatic heterocycles. The molecule has 0 unspecified atom stereocenters. The van der Waals surface area contributed by atoms with Crippen molar-refractivity contribution < 1.29 is 9.53 Å². The lowest BCUT2D eigenvalue weighted by Crippen LogP contribution is -2.08. The van der Waals surface area contributed by atoms with Crippen LogP contribution in [0.1, 0.15) is 43.6 Å². The van der Waals surface area contributed by atoms with E-state index in [4.69, 9.17) is 16.3 Å². The Morgan fingerprint density at radius 3 is 2.76 bits per heavy atom. The zero-order valence-electron chi connectivity index (χ0n) is 9.82. The van der Waals surface area contributed by atoms with E-state index in [0.29, 0.717) is 5.92 Å². The molecule has 1 fully saturated rings. The van der Waals surface area contributed by atoms with Gasteiger partial charge in [-0.05, 0) is 42.5 Å². The summed E-state index contributed by atoms with van der Waals surface area (Å²) in [4.78, 5) is 10.4. The number of ether oxygens (including phenoxy) is 1. The van der Waals surface area contributed by atoms with E-state index < -0.39 is 0 Å². The number of hydrogen-bond acceptors (Lipinski definition) is 2. The van der Waals surface area contributed by atoms with Crippen LogP contribution in [0.15, 0.2) is 18.2 Å². The minimum Gasteiger partial charge on any atom is -0.486 e. The molecule has 1 aromatic rings. The lowest BCUT2D eigenvalue weighted by molar-refractivity contribution is -0.109. The Hall–Kier alpha value is -1.02. The standard InChI is InChI=1S/C14H17ClO2/c15-12-6-7-14(17-9-8-16)13(10-12)11-4-2-1-3-5-11/h6-8,10-11H,1-5,9H2. The molecule has 17 heavy (non-hydrogen) atoms. The van der Waals surface area contributed by atoms with Crippen molar-refractivity contribution in [3.63, 3.8) is 0 Å². The number of benzene rings is 1. The molecule has 2 rings (SSSR count). The highest BCUT2D eigenvalue weighted by Gasteiger charge is 2.19. The van der Waals surface area contributed by atoms with Crippen molar-refractivity contribution >= 4 is 17.9 Å². The first-order valence-electron chi connectivity index (χ1n) is 6.17. The summed E-state index contributed by atoms with van der Waals surface area (Å²) in [6.45, 7) is 0.112. The summed E-state index contributed by atoms with van der Waals surface area (Å²) in [5.41, 5.74) is 1.17. The van der Waals surface area contributed by atoms with Gasteiger partial charge in [0.2, 0.25) is 0 Å². The van der Waals surface area contributed by atoms with E-state index >= 15 is 0 Å². The van der Waals surface area contributed by atoms with E-state index in [-0.39, 0.29) is 6.61 Å². The second kappa shape index (κ2) is 6.06. The van der Waals surface area contributed by atoms with Gasteiger partial charge < -0.3 is 4.74 Å². The van der Waals surface area contributed by atoms with Gasteiger partial charge in [-0.1, -0.05) is 30.9 Å². The average Bonchev–Trinajstić information content (AvgIpc) is 2.38. The SMILES string of the molecule is O=CCOc1ccc(Cl)cc1C1CCCCC1. The molecule has 0 bridgehead atoms. The Bertz CT molecular complexity index is 384. The van der Waals surface area contributed by atoms with Gasteiger partial charge in [-0.25, -0.2) is 0 Å². The highest BCUT2D eigenvalue weighted by Crippen LogP contribution is 2.38. The molecular weight excluding hydrogens is 236 g/mol. The molecule has 0 heterocycles. The van der Waals surface area contributed by atoms with Crippen molar-refractivity contribution in [2.45, 2.75) is 38.0 Å². The van der Waals surface area contributed by atoms with Gasteiger partial charge in [0.25, 0.3) is 0 Å². The van der Waals surface area contributed by atoms with E-state index in [9.17, 15) is 4.79 Å². The number of carbonyl (C=O) groups excluding carboxylic acids is 1. The van der Waals surface area contributed by atoms with E-state index in [1.54, 1.807) is 0 Å². The summed E-state index contributed by atoms with van der Waals surface area (Å²) < 4.78 is 5.47. The normalized spacial score (nSPS) is 16.8. The molecule has 1 saturated carbocycles. The third kappa shape index (κ3) is 3.22. The highest BCUT2D eigenvalue weighted by molar-refractivity contribution is 6.30. The Balaban J connectivity index is 2.21. The van der Waals surface area contributed by atoms with Crippen LogP contribution in [0, 0.1) is 0 Å². The molecule has 92 valence electrons. The summed E-state index contributed by atoms with van der Waals surface area (Å²) in [7, 11) is 0. The lowest BCUT2D eigenvalue weighted by atomic mass is 9.84. The number of rotatable bonds is 4. The molecule has 1 aromatic carbocycles. The quantitative estimate of drug-likeness (QED) is 0.758. The van der Waals surface area contributed by atoms with Crippen molar-refractivity contribution in [1.82, 2.24) is 0 Å². The molecule has 0 radical (unpaired) electrons. The van der Waals surface area contributed by atoms with Gasteiger partial charge in [0.1, 0.15) is 12.4 Å². The second-order valence-corrected chi connectivity index (χ2v) is 4.93. The van der Waals surface area contributed by atoms with Crippen LogP contribution >= 0.6 is 11.6 Å². The molecular formula is C14H17ClO2. The first kappa shape index (κ1) is 12.4. The molecule has 0 aromatic heterocycles. The number of aldehydes is 1. The molecule has 0 amide bonds. The Kier molecular flexibility index (Phi) is 4.43. The van der Waals surface area contributed by atoms with Crippen LogP contribution in [-0.2, 0) is 4.79 Å². The number of hydrogen-bond donors (Lipinski definition) is 0. The van der Waals surface area contributed by atoms with Gasteiger partial charge >= 0.3 is 0 Å². The summed E-state index contributed by atoms with van der Waals surface area (Å²) in [5, 5.41) is 0.740. The predicted molar refractivity (Wildman–Crippen MR) is 68.8 cm³/mol. The maximum atomic E-state index is 10.4. The van der Waals surface area contributed by atoms with Crippen molar-refractivity contribution in [1.29, 1.82) is 0 Å². The fourth-order valence-corrected chi connectivity index (χ4v) is 2.69. The molecule has 0 spiro atoms. The summed E-state index contributed by atoms with van der Waals surface area (Å²) in [5.74, 6) is 1.34. The first-order valence-corrected chi connectivity index (χ1v) is 6.55. The van der Waals surface area contributed by atoms with Crippen molar-refractivity contribution in [3.05, 3.63) is 28.8 Å². The third-order valence-corrected chi connectivity index (χ3v) is 3.56. The summed E-state index contributed by atoms with van der Waals surface area (Å²) >= 11 is 6.04. The largest absolute Gasteiger partial charge is 0.486 e. The fraction of sp³-hybridized carbons (Fsp3) is 0.500. The number of carbonyl (C=O) groups is 1. The molecule has 3 heteroatoms. The fourth-order valence-electron chi connectivity index (χ4n) is 2.51. The van der Waals surface area contributed by atoms with E-state index in [2.05, 4.69) is 0 Å². The van der Waals surface area contributed by atoms with Crippen LogP contribution < -0.4 is 4.74 Å². The Labute approximate surface area is 107 Å². The molecule has 0 saturated heterocycles. The van der Waals surface area contributed by atoms with Crippen molar-refractivity contribution in [3.8, 4) is 5.75 Å². The van der Waals surface area contributed by atoms with Crippen LogP contribution in [0.3, 0.4) is 0 Å². The Morgan fingerprint density at radius 2 is 2.06 bits per heavy atom. The van der Waals surface area contributed by atoms with Gasteiger partial charge in [0.15, 0.2) is 6.29 Å². The minimum atomic E-state index is 0.112. The average molecular weight is 253 g/mol. The minimum absolute atomic E-state index is 0.112. The topological polar surface area (TPSA) is 26.3 Å². The smallest absolute Gasteiger partial charge is 0.157 e. The predicted octanol–water partition coefficient (Wildman–Crippen LogP) is 3.97. The molecule has 0 N–H and O–H groups in total. The van der Waals surface area contributed by atoms with Crippen LogP contribution in [0.2, 0.25) is 5.02 Å². The molecule has 0 atom stereocenters. The van der Waals surface area contributed by atoms with E-state index in [1.807, 2.05) is 18.2 Å². The molecule has 2 nitrogen and oxygen atoms in total. The van der Waals surface area contributed by atoms with Gasteiger partial charge in [0.05, 0.1) is 0 Å². The van der Waals surface area contributed by atoms with Crippen LogP contribution in [0.4, 0.5) is 0 Å². The third-order valence-electron chi connectivity index (χ3n) is 3.32. The molecule has 1 aliphatic carbocycles. The molecule has 1 aliphatic rings. The number of halogens is 1. The van der Waals surface area contributed by atoms with Crippen molar-refractivity contribution in [2.24, 2.45) is 0 Å². The lowest BCUT2D eigenvalue weighted by Gasteiger charge is -2.24. The van der Waals surface area contributed by atoms with Crippen LogP contribution in [-0.4, -0.2) is 12.9 Å². The zero-order valence-corrected chi connectivity index (χ0v) is 10.6. The summed E-state index contributed by atoms with van der Waals surface area (Å²) in [6, 6.07) is 5.67.